The number of aromatic nitrogens is 2. The highest BCUT2D eigenvalue weighted by molar-refractivity contribution is 7.89. The maximum absolute atomic E-state index is 13.4. The van der Waals surface area contributed by atoms with Crippen molar-refractivity contribution in [2.75, 3.05) is 0 Å². The number of carbonyl (C=O) groups is 1. The van der Waals surface area contributed by atoms with Crippen LogP contribution >= 0.6 is 0 Å². The van der Waals surface area contributed by atoms with Crippen LogP contribution in [0, 0.1) is 0 Å². The second-order valence-electron chi connectivity index (χ2n) is 8.25. The lowest BCUT2D eigenvalue weighted by Crippen LogP contribution is -2.41. The first-order chi connectivity index (χ1) is 14.8. The number of imidazole rings is 1. The van der Waals surface area contributed by atoms with Crippen molar-refractivity contribution in [2.24, 2.45) is 0 Å². The van der Waals surface area contributed by atoms with E-state index in [9.17, 15) is 26.4 Å². The fourth-order valence-electron chi connectivity index (χ4n) is 3.22. The maximum atomic E-state index is 13.4. The van der Waals surface area contributed by atoms with Gasteiger partial charge in [0.2, 0.25) is 21.8 Å². The van der Waals surface area contributed by atoms with Crippen molar-refractivity contribution in [3.8, 4) is 0 Å². The number of para-hydroxylation sites is 2. The number of hydrogen-bond donors (Lipinski definition) is 2. The van der Waals surface area contributed by atoms with Crippen molar-refractivity contribution in [3.05, 3.63) is 59.9 Å². The molecule has 3 aromatic rings. The van der Waals surface area contributed by atoms with Crippen LogP contribution < -0.4 is 10.0 Å². The van der Waals surface area contributed by atoms with Gasteiger partial charge in [-0.25, -0.2) is 18.1 Å². The number of nitrogens with one attached hydrogen (secondary N) is 2. The van der Waals surface area contributed by atoms with Crippen LogP contribution in [0.4, 0.5) is 13.2 Å². The third-order valence-electron chi connectivity index (χ3n) is 4.39. The summed E-state index contributed by atoms with van der Waals surface area (Å²) in [5.41, 5.74) is -0.111. The van der Waals surface area contributed by atoms with Crippen molar-refractivity contribution in [2.45, 2.75) is 50.5 Å². The highest BCUT2D eigenvalue weighted by Crippen LogP contribution is 2.31. The molecular weight excluding hydrogens is 445 g/mol. The molecule has 0 saturated heterocycles. The Labute approximate surface area is 183 Å². The van der Waals surface area contributed by atoms with Crippen LogP contribution in [-0.2, 0) is 34.1 Å². The Morgan fingerprint density at radius 1 is 1.03 bits per heavy atom. The van der Waals surface area contributed by atoms with Gasteiger partial charge in [0.25, 0.3) is 0 Å². The lowest BCUT2D eigenvalue weighted by atomic mass is 10.1. The molecule has 0 spiro atoms. The fraction of sp³-hybridized carbons (Fsp3) is 0.333. The lowest BCUT2D eigenvalue weighted by Gasteiger charge is -2.21. The first kappa shape index (κ1) is 23.7. The summed E-state index contributed by atoms with van der Waals surface area (Å²) in [4.78, 5) is 16.1. The van der Waals surface area contributed by atoms with Gasteiger partial charge in [-0.1, -0.05) is 30.3 Å². The van der Waals surface area contributed by atoms with E-state index >= 15 is 0 Å². The van der Waals surface area contributed by atoms with Gasteiger partial charge < -0.3 is 9.88 Å². The molecule has 0 atom stereocenters. The molecule has 2 aromatic carbocycles. The average molecular weight is 469 g/mol. The topological polar surface area (TPSA) is 93.1 Å². The second-order valence-corrected chi connectivity index (χ2v) is 9.90. The minimum atomic E-state index is -4.74. The predicted octanol–water partition coefficient (Wildman–Crippen LogP) is 3.45. The normalized spacial score (nSPS) is 12.8. The summed E-state index contributed by atoms with van der Waals surface area (Å²) in [7, 11) is -3.87. The molecule has 0 saturated carbocycles. The van der Waals surface area contributed by atoms with Crippen LogP contribution in [-0.4, -0.2) is 29.4 Å². The van der Waals surface area contributed by atoms with E-state index in [4.69, 9.17) is 0 Å². The van der Waals surface area contributed by atoms with Crippen LogP contribution in [0.2, 0.25) is 0 Å². The molecular formula is C21H23F3N4O3S. The second kappa shape index (κ2) is 8.55. The monoisotopic (exact) mass is 468 g/mol. The van der Waals surface area contributed by atoms with Crippen molar-refractivity contribution < 1.29 is 26.4 Å². The summed E-state index contributed by atoms with van der Waals surface area (Å²) >= 11 is 0. The zero-order chi connectivity index (χ0) is 23.7. The van der Waals surface area contributed by atoms with Crippen molar-refractivity contribution in [3.63, 3.8) is 0 Å². The number of benzene rings is 2. The van der Waals surface area contributed by atoms with E-state index in [-0.39, 0.29) is 22.5 Å². The minimum Gasteiger partial charge on any atom is -0.350 e. The Hall–Kier alpha value is -2.92. The van der Waals surface area contributed by atoms with Gasteiger partial charge in [-0.3, -0.25) is 4.79 Å². The highest BCUT2D eigenvalue weighted by Gasteiger charge is 2.38. The number of fused-ring (bicyclic) bond motifs is 1. The van der Waals surface area contributed by atoms with Gasteiger partial charge in [0.15, 0.2) is 0 Å². The molecule has 0 aliphatic heterocycles. The van der Waals surface area contributed by atoms with Gasteiger partial charge in [-0.05, 0) is 44.5 Å². The first-order valence-corrected chi connectivity index (χ1v) is 11.2. The third kappa shape index (κ3) is 5.46. The molecule has 0 bridgehead atoms. The first-order valence-electron chi connectivity index (χ1n) is 9.69. The largest absolute Gasteiger partial charge is 0.449 e. The van der Waals surface area contributed by atoms with Crippen molar-refractivity contribution >= 4 is 27.0 Å². The van der Waals surface area contributed by atoms with E-state index in [0.717, 1.165) is 4.57 Å². The molecule has 0 fully saturated rings. The van der Waals surface area contributed by atoms with Crippen molar-refractivity contribution in [1.82, 2.24) is 19.6 Å². The fourth-order valence-corrected chi connectivity index (χ4v) is 4.87. The third-order valence-corrected chi connectivity index (χ3v) is 6.25. The highest BCUT2D eigenvalue weighted by atomic mass is 32.2. The standard InChI is InChI=1S/C21H23F3N4O3S/c1-20(2,3)27-32(30,31)17-11-7-4-8-14(17)12-25-18(29)13-28-16-10-6-5-9-15(16)26-19(28)21(22,23)24/h4-11,27H,12-13H2,1-3H3,(H,25,29). The smallest absolute Gasteiger partial charge is 0.350 e. The van der Waals surface area contributed by atoms with Gasteiger partial charge in [0, 0.05) is 12.1 Å². The molecule has 1 amide bonds. The number of halogens is 3. The zero-order valence-corrected chi connectivity index (χ0v) is 18.5. The number of sulfonamides is 1. The van der Waals surface area contributed by atoms with Gasteiger partial charge >= 0.3 is 6.18 Å². The molecule has 32 heavy (non-hydrogen) atoms. The molecule has 11 heteroatoms. The number of nitrogens with zero attached hydrogens (tertiary/aromatic N) is 2. The Bertz CT molecular complexity index is 1250. The molecule has 0 aliphatic carbocycles. The Kier molecular flexibility index (Phi) is 6.34. The summed E-state index contributed by atoms with van der Waals surface area (Å²) in [5.74, 6) is -1.89. The van der Waals surface area contributed by atoms with E-state index in [0.29, 0.717) is 5.56 Å². The minimum absolute atomic E-state index is 0.0145. The van der Waals surface area contributed by atoms with Crippen LogP contribution in [0.1, 0.15) is 32.2 Å². The Balaban J connectivity index is 1.82. The van der Waals surface area contributed by atoms with Gasteiger partial charge in [-0.2, -0.15) is 13.2 Å². The van der Waals surface area contributed by atoms with E-state index in [1.807, 2.05) is 0 Å². The van der Waals surface area contributed by atoms with Crippen LogP contribution in [0.15, 0.2) is 53.4 Å². The van der Waals surface area contributed by atoms with E-state index in [2.05, 4.69) is 15.0 Å². The van der Waals surface area contributed by atoms with E-state index in [1.165, 1.54) is 24.3 Å². The molecule has 0 unspecified atom stereocenters. The number of alkyl halides is 3. The van der Waals surface area contributed by atoms with Gasteiger partial charge in [0.1, 0.15) is 6.54 Å². The summed E-state index contributed by atoms with van der Waals surface area (Å²) < 4.78 is 69.0. The predicted molar refractivity (Wildman–Crippen MR) is 113 cm³/mol. The maximum Gasteiger partial charge on any atom is 0.449 e. The van der Waals surface area contributed by atoms with Crippen LogP contribution in [0.25, 0.3) is 11.0 Å². The summed E-state index contributed by atoms with van der Waals surface area (Å²) in [6.07, 6.45) is -4.74. The van der Waals surface area contributed by atoms with Crippen LogP contribution in [0.5, 0.6) is 0 Å². The number of rotatable bonds is 6. The molecule has 172 valence electrons. The van der Waals surface area contributed by atoms with E-state index in [1.54, 1.807) is 45.0 Å². The number of hydrogen-bond acceptors (Lipinski definition) is 4. The Morgan fingerprint density at radius 2 is 1.66 bits per heavy atom. The molecule has 0 aliphatic rings. The summed E-state index contributed by atoms with van der Waals surface area (Å²) in [6, 6.07) is 12.1. The molecule has 1 heterocycles. The average Bonchev–Trinajstić information content (AvgIpc) is 3.04. The number of carbonyl (C=O) groups excluding carboxylic acids is 1. The quantitative estimate of drug-likeness (QED) is 0.580. The zero-order valence-electron chi connectivity index (χ0n) is 17.7. The SMILES string of the molecule is CC(C)(C)NS(=O)(=O)c1ccccc1CNC(=O)Cn1c(C(F)(F)F)nc2ccccc21. The molecule has 2 N–H and O–H groups in total. The molecule has 3 rings (SSSR count). The van der Waals surface area contributed by atoms with Crippen molar-refractivity contribution in [1.29, 1.82) is 0 Å². The molecule has 7 nitrogen and oxygen atoms in total. The molecule has 0 radical (unpaired) electrons. The summed E-state index contributed by atoms with van der Waals surface area (Å²) in [6.45, 7) is 4.30. The van der Waals surface area contributed by atoms with E-state index < -0.39 is 40.0 Å². The van der Waals surface area contributed by atoms with Gasteiger partial charge in [0.05, 0.1) is 15.9 Å². The number of amides is 1. The lowest BCUT2D eigenvalue weighted by molar-refractivity contribution is -0.147. The molecule has 1 aromatic heterocycles. The Morgan fingerprint density at radius 3 is 2.31 bits per heavy atom. The summed E-state index contributed by atoms with van der Waals surface area (Å²) in [5, 5.41) is 2.51. The van der Waals surface area contributed by atoms with Crippen LogP contribution in [0.3, 0.4) is 0 Å². The van der Waals surface area contributed by atoms with Gasteiger partial charge in [-0.15, -0.1) is 0 Å².